The third kappa shape index (κ3) is 3.97. The normalized spacial score (nSPS) is 17.2. The Morgan fingerprint density at radius 2 is 1.94 bits per heavy atom. The van der Waals surface area contributed by atoms with Crippen LogP contribution < -0.4 is 0 Å². The van der Waals surface area contributed by atoms with Crippen LogP contribution in [0.5, 0.6) is 0 Å². The van der Waals surface area contributed by atoms with Crippen LogP contribution in [0, 0.1) is 5.82 Å². The Morgan fingerprint density at radius 1 is 1.19 bits per heavy atom. The Labute approximate surface area is 183 Å². The fourth-order valence-electron chi connectivity index (χ4n) is 4.91. The lowest BCUT2D eigenvalue weighted by molar-refractivity contribution is 0.0643. The smallest absolute Gasteiger partial charge is 0.256 e. The minimum absolute atomic E-state index is 0.0104. The topological polar surface area (TPSA) is 41.4 Å². The third-order valence-corrected chi connectivity index (χ3v) is 6.27. The Kier molecular flexibility index (Phi) is 5.84. The van der Waals surface area contributed by atoms with E-state index in [1.807, 2.05) is 50.7 Å². The van der Waals surface area contributed by atoms with Crippen LogP contribution in [-0.4, -0.2) is 57.5 Å². The Morgan fingerprint density at radius 3 is 2.58 bits per heavy atom. The molecule has 1 amide bonds. The van der Waals surface area contributed by atoms with Crippen LogP contribution in [0.3, 0.4) is 0 Å². The lowest BCUT2D eigenvalue weighted by atomic mass is 9.98. The largest absolute Gasteiger partial charge is 0.334 e. The number of amides is 1. The highest BCUT2D eigenvalue weighted by Gasteiger charge is 2.28. The van der Waals surface area contributed by atoms with Gasteiger partial charge in [-0.25, -0.2) is 4.39 Å². The zero-order valence-corrected chi connectivity index (χ0v) is 19.0. The average Bonchev–Trinajstić information content (AvgIpc) is 3.31. The molecule has 0 bridgehead atoms. The number of halogens is 1. The van der Waals surface area contributed by atoms with Gasteiger partial charge in [0.15, 0.2) is 0 Å². The van der Waals surface area contributed by atoms with Gasteiger partial charge in [-0.15, -0.1) is 0 Å². The first-order chi connectivity index (χ1) is 14.8. The molecule has 0 saturated carbocycles. The molecule has 1 aliphatic rings. The molecule has 1 saturated heterocycles. The van der Waals surface area contributed by atoms with Crippen LogP contribution in [-0.2, 0) is 0 Å². The van der Waals surface area contributed by atoms with Gasteiger partial charge < -0.3 is 14.4 Å². The van der Waals surface area contributed by atoms with Crippen molar-refractivity contribution in [3.8, 4) is 5.69 Å². The molecule has 4 rings (SSSR count). The molecular formula is C25H31FN4O. The van der Waals surface area contributed by atoms with Crippen molar-refractivity contribution in [2.75, 3.05) is 20.1 Å². The van der Waals surface area contributed by atoms with Gasteiger partial charge in [-0.1, -0.05) is 0 Å². The SMILES string of the molecule is CC(C)N(C(=O)c1cc(F)ccc1-n1cc(C2CCN(C)C2)c2ccncc21)C(C)C. The van der Waals surface area contributed by atoms with E-state index < -0.39 is 5.82 Å². The molecule has 31 heavy (non-hydrogen) atoms. The molecule has 3 heterocycles. The number of rotatable bonds is 5. The van der Waals surface area contributed by atoms with E-state index in [4.69, 9.17) is 0 Å². The zero-order valence-electron chi connectivity index (χ0n) is 19.0. The maximum atomic E-state index is 14.3. The Bertz CT molecular complexity index is 1100. The van der Waals surface area contributed by atoms with Crippen LogP contribution >= 0.6 is 0 Å². The molecule has 3 aromatic rings. The summed E-state index contributed by atoms with van der Waals surface area (Å²) in [5.74, 6) is -0.141. The zero-order chi connectivity index (χ0) is 22.3. The number of nitrogens with zero attached hydrogens (tertiary/aromatic N) is 4. The molecule has 0 N–H and O–H groups in total. The summed E-state index contributed by atoms with van der Waals surface area (Å²) in [6, 6.07) is 6.55. The van der Waals surface area contributed by atoms with Crippen LogP contribution in [0.15, 0.2) is 42.9 Å². The third-order valence-electron chi connectivity index (χ3n) is 6.27. The van der Waals surface area contributed by atoms with E-state index in [-0.39, 0.29) is 18.0 Å². The second-order valence-corrected chi connectivity index (χ2v) is 9.16. The predicted octanol–water partition coefficient (Wildman–Crippen LogP) is 4.84. The Balaban J connectivity index is 1.89. The molecule has 0 radical (unpaired) electrons. The van der Waals surface area contributed by atoms with Crippen molar-refractivity contribution >= 4 is 16.8 Å². The van der Waals surface area contributed by atoms with Gasteiger partial charge >= 0.3 is 0 Å². The maximum absolute atomic E-state index is 14.3. The number of likely N-dealkylation sites (N-methyl/N-ethyl adjacent to an activating group) is 1. The van der Waals surface area contributed by atoms with Gasteiger partial charge in [0.25, 0.3) is 5.91 Å². The highest BCUT2D eigenvalue weighted by Crippen LogP contribution is 2.35. The van der Waals surface area contributed by atoms with Crippen molar-refractivity contribution in [3.63, 3.8) is 0 Å². The number of benzene rings is 1. The maximum Gasteiger partial charge on any atom is 0.256 e. The molecule has 1 aromatic carbocycles. The minimum Gasteiger partial charge on any atom is -0.334 e. The molecule has 2 aromatic heterocycles. The highest BCUT2D eigenvalue weighted by atomic mass is 19.1. The van der Waals surface area contributed by atoms with E-state index in [1.54, 1.807) is 11.0 Å². The lowest BCUT2D eigenvalue weighted by Crippen LogP contribution is -2.42. The van der Waals surface area contributed by atoms with Crippen LogP contribution in [0.1, 0.15) is 56.0 Å². The summed E-state index contributed by atoms with van der Waals surface area (Å²) in [7, 11) is 2.14. The van der Waals surface area contributed by atoms with Crippen molar-refractivity contribution < 1.29 is 9.18 Å². The van der Waals surface area contributed by atoms with Crippen molar-refractivity contribution in [2.45, 2.75) is 52.1 Å². The van der Waals surface area contributed by atoms with E-state index in [0.29, 0.717) is 17.2 Å². The summed E-state index contributed by atoms with van der Waals surface area (Å²) in [5, 5.41) is 1.14. The van der Waals surface area contributed by atoms with E-state index >= 15 is 0 Å². The quantitative estimate of drug-likeness (QED) is 0.591. The van der Waals surface area contributed by atoms with E-state index in [2.05, 4.69) is 23.1 Å². The number of aromatic nitrogens is 2. The fraction of sp³-hybridized carbons (Fsp3) is 0.440. The second kappa shape index (κ2) is 8.42. The lowest BCUT2D eigenvalue weighted by Gasteiger charge is -2.31. The van der Waals surface area contributed by atoms with Crippen LogP contribution in [0.4, 0.5) is 4.39 Å². The number of hydrogen-bond donors (Lipinski definition) is 0. The number of pyridine rings is 1. The molecule has 1 unspecified atom stereocenters. The number of fused-ring (bicyclic) bond motifs is 1. The second-order valence-electron chi connectivity index (χ2n) is 9.16. The molecule has 1 aliphatic heterocycles. The van der Waals surface area contributed by atoms with Gasteiger partial charge in [0.2, 0.25) is 0 Å². The van der Waals surface area contributed by atoms with Crippen molar-refractivity contribution in [2.24, 2.45) is 0 Å². The summed E-state index contributed by atoms with van der Waals surface area (Å²) >= 11 is 0. The van der Waals surface area contributed by atoms with Gasteiger partial charge in [-0.2, -0.15) is 0 Å². The molecular weight excluding hydrogens is 391 g/mol. The summed E-state index contributed by atoms with van der Waals surface area (Å²) < 4.78 is 16.3. The molecule has 6 heteroatoms. The summed E-state index contributed by atoms with van der Waals surface area (Å²) in [4.78, 5) is 22.0. The highest BCUT2D eigenvalue weighted by molar-refractivity contribution is 5.99. The van der Waals surface area contributed by atoms with Gasteiger partial charge in [0.05, 0.1) is 23.0 Å². The summed E-state index contributed by atoms with van der Waals surface area (Å²) in [6.45, 7) is 10.0. The molecule has 1 fully saturated rings. The number of hydrogen-bond acceptors (Lipinski definition) is 3. The van der Waals surface area contributed by atoms with Crippen molar-refractivity contribution in [1.82, 2.24) is 19.4 Å². The van der Waals surface area contributed by atoms with Gasteiger partial charge in [0.1, 0.15) is 5.82 Å². The van der Waals surface area contributed by atoms with Crippen molar-refractivity contribution in [3.05, 3.63) is 59.8 Å². The number of likely N-dealkylation sites (tertiary alicyclic amines) is 1. The first-order valence-corrected chi connectivity index (χ1v) is 11.0. The first kappa shape index (κ1) is 21.5. The van der Waals surface area contributed by atoms with Gasteiger partial charge in [-0.3, -0.25) is 9.78 Å². The standard InChI is InChI=1S/C25H31FN4O/c1-16(2)30(17(3)4)25(31)21-12-19(26)6-7-23(21)29-15-22(18-9-11-28(5)14-18)20-8-10-27-13-24(20)29/h6-8,10,12-13,15-18H,9,11,14H2,1-5H3. The number of carbonyl (C=O) groups is 1. The van der Waals surface area contributed by atoms with Crippen molar-refractivity contribution in [1.29, 1.82) is 0 Å². The molecule has 0 aliphatic carbocycles. The molecule has 1 atom stereocenters. The monoisotopic (exact) mass is 422 g/mol. The van der Waals surface area contributed by atoms with Gasteiger partial charge in [-0.05, 0) is 83.5 Å². The first-order valence-electron chi connectivity index (χ1n) is 11.0. The minimum atomic E-state index is -0.410. The van der Waals surface area contributed by atoms with Crippen LogP contribution in [0.25, 0.3) is 16.6 Å². The number of carbonyl (C=O) groups excluding carboxylic acids is 1. The van der Waals surface area contributed by atoms with Crippen LogP contribution in [0.2, 0.25) is 0 Å². The summed E-state index contributed by atoms with van der Waals surface area (Å²) in [5.41, 5.74) is 3.26. The van der Waals surface area contributed by atoms with E-state index in [9.17, 15) is 9.18 Å². The predicted molar refractivity (Wildman–Crippen MR) is 122 cm³/mol. The fourth-order valence-corrected chi connectivity index (χ4v) is 4.91. The van der Waals surface area contributed by atoms with E-state index in [0.717, 1.165) is 30.4 Å². The molecule has 0 spiro atoms. The van der Waals surface area contributed by atoms with Gasteiger partial charge in [0, 0.05) is 36.4 Å². The average molecular weight is 423 g/mol. The molecule has 5 nitrogen and oxygen atoms in total. The summed E-state index contributed by atoms with van der Waals surface area (Å²) in [6.07, 6.45) is 6.86. The Hall–Kier alpha value is -2.73. The molecule has 164 valence electrons. The van der Waals surface area contributed by atoms with E-state index in [1.165, 1.54) is 17.7 Å².